The first-order valence-corrected chi connectivity index (χ1v) is 35.6. The average Bonchev–Trinajstić information content (AvgIpc) is 1.57. The molecule has 10 nitrogen and oxygen atoms in total. The van der Waals surface area contributed by atoms with Crippen molar-refractivity contribution in [2.75, 3.05) is 0 Å². The van der Waals surface area contributed by atoms with E-state index in [1.165, 1.54) is 40.3 Å². The Labute approximate surface area is 588 Å². The van der Waals surface area contributed by atoms with E-state index in [9.17, 15) is 0 Å². The first-order valence-electron chi connectivity index (χ1n) is 34.0. The maximum absolute atomic E-state index is 6.84. The van der Waals surface area contributed by atoms with Crippen molar-refractivity contribution in [3.05, 3.63) is 303 Å². The summed E-state index contributed by atoms with van der Waals surface area (Å²) in [5, 5.41) is 13.6. The van der Waals surface area contributed by atoms with Gasteiger partial charge in [-0.2, -0.15) is 19.9 Å². The number of nitrogens with zero attached hydrogens (tertiary/aromatic N) is 8. The molecule has 12 heteroatoms. The molecule has 0 aliphatic heterocycles. The number of hydrogen-bond donors (Lipinski definition) is 0. The van der Waals surface area contributed by atoms with E-state index in [-0.39, 0.29) is 0 Å². The van der Waals surface area contributed by atoms with Gasteiger partial charge >= 0.3 is 0 Å². The molecular weight excluding hydrogens is 1290 g/mol. The number of hydrogen-bond acceptors (Lipinski definition) is 10. The number of furan rings is 2. The summed E-state index contributed by atoms with van der Waals surface area (Å²) in [6, 6.07) is 107. The Hall–Kier alpha value is -13.3. The Morgan fingerprint density at radius 1 is 0.225 bits per heavy atom. The number of rotatable bonds is 9. The minimum atomic E-state index is 0.523. The smallest absolute Gasteiger partial charge is 0.238 e. The molecule has 0 saturated carbocycles. The van der Waals surface area contributed by atoms with Crippen LogP contribution in [0, 0.1) is 0 Å². The van der Waals surface area contributed by atoms with Crippen LogP contribution in [0.1, 0.15) is 0 Å². The zero-order chi connectivity index (χ0) is 66.7. The predicted molar refractivity (Wildman–Crippen MR) is 420 cm³/mol. The highest BCUT2D eigenvalue weighted by Gasteiger charge is 2.25. The number of para-hydroxylation sites is 3. The molecule has 0 spiro atoms. The van der Waals surface area contributed by atoms with E-state index in [4.69, 9.17) is 38.7 Å². The van der Waals surface area contributed by atoms with E-state index >= 15 is 0 Å². The van der Waals surface area contributed by atoms with Crippen molar-refractivity contribution in [3.63, 3.8) is 0 Å². The summed E-state index contributed by atoms with van der Waals surface area (Å²) in [7, 11) is 0. The Kier molecular flexibility index (Phi) is 12.3. The molecular formula is C90H50N8O2S2. The summed E-state index contributed by atoms with van der Waals surface area (Å²) < 4.78 is 22.9. The van der Waals surface area contributed by atoms with Crippen LogP contribution in [0.25, 0.3) is 219 Å². The minimum absolute atomic E-state index is 0.523. The first-order chi connectivity index (χ1) is 50.5. The van der Waals surface area contributed by atoms with Crippen molar-refractivity contribution in [2.45, 2.75) is 0 Å². The van der Waals surface area contributed by atoms with E-state index in [2.05, 4.69) is 264 Å². The van der Waals surface area contributed by atoms with Crippen LogP contribution >= 0.6 is 22.7 Å². The Balaban J connectivity index is 0.623. The second kappa shape index (κ2) is 22.1. The summed E-state index contributed by atoms with van der Waals surface area (Å²) >= 11 is 3.66. The van der Waals surface area contributed by atoms with Gasteiger partial charge in [-0.05, 0) is 119 Å². The second-order valence-corrected chi connectivity index (χ2v) is 28.2. The van der Waals surface area contributed by atoms with Gasteiger partial charge in [0.15, 0.2) is 23.3 Å². The molecule has 0 aliphatic rings. The van der Waals surface area contributed by atoms with Crippen molar-refractivity contribution in [2.24, 2.45) is 0 Å². The fraction of sp³-hybridized carbons (Fsp3) is 0. The zero-order valence-electron chi connectivity index (χ0n) is 54.1. The zero-order valence-corrected chi connectivity index (χ0v) is 55.7. The van der Waals surface area contributed by atoms with E-state index in [0.717, 1.165) is 143 Å². The maximum Gasteiger partial charge on any atom is 0.238 e. The third-order valence-corrected chi connectivity index (χ3v) is 22.6. The second-order valence-electron chi connectivity index (χ2n) is 26.0. The third-order valence-electron chi connectivity index (χ3n) is 20.3. The van der Waals surface area contributed by atoms with Gasteiger partial charge in [0.05, 0.1) is 22.1 Å². The predicted octanol–water partition coefficient (Wildman–Crippen LogP) is 24.5. The van der Waals surface area contributed by atoms with E-state index < -0.39 is 0 Å². The van der Waals surface area contributed by atoms with E-state index in [0.29, 0.717) is 35.2 Å². The molecule has 0 N–H and O–H groups in total. The molecule has 0 saturated heterocycles. The number of aromatic nitrogens is 8. The molecule has 0 radical (unpaired) electrons. The van der Waals surface area contributed by atoms with E-state index in [1.807, 2.05) is 71.2 Å². The van der Waals surface area contributed by atoms with Crippen molar-refractivity contribution >= 4 is 151 Å². The number of thiophene rings is 2. The molecule has 474 valence electrons. The Bertz CT molecular complexity index is 7230. The monoisotopic (exact) mass is 1340 g/mol. The largest absolute Gasteiger partial charge is 0.456 e. The number of fused-ring (bicyclic) bond motifs is 18. The molecule has 8 heterocycles. The van der Waals surface area contributed by atoms with Crippen molar-refractivity contribution < 1.29 is 8.83 Å². The summed E-state index contributed by atoms with van der Waals surface area (Å²) in [4.78, 5) is 31.5. The lowest BCUT2D eigenvalue weighted by atomic mass is 9.96. The van der Waals surface area contributed by atoms with Crippen LogP contribution in [0.5, 0.6) is 0 Å². The van der Waals surface area contributed by atoms with Gasteiger partial charge in [-0.1, -0.05) is 212 Å². The SMILES string of the molecule is c1ccc(-c2nc(-c3ccc4c(c3)oc3cccc(-c5cccc6c5sc5ccc(-c7ccc8c(c7)c7ccccc7n8-c7nc(-c8ccccc8)nc(-c8ccc9c(c8)oc8cccc(-c%10ccc%11c(c%10)sc%10ccccc%10%11)c89)n7)cc56)c34)nc(-n3c4ccccc4c4ccccc43)n2)cc1. The maximum atomic E-state index is 6.84. The van der Waals surface area contributed by atoms with Gasteiger partial charge in [0.25, 0.3) is 0 Å². The summed E-state index contributed by atoms with van der Waals surface area (Å²) in [5.74, 6) is 3.33. The Morgan fingerprint density at radius 3 is 1.27 bits per heavy atom. The molecule has 0 fully saturated rings. The molecule has 8 aromatic heterocycles. The molecule has 102 heavy (non-hydrogen) atoms. The van der Waals surface area contributed by atoms with Crippen LogP contribution in [-0.4, -0.2) is 39.0 Å². The van der Waals surface area contributed by atoms with Gasteiger partial charge < -0.3 is 8.83 Å². The fourth-order valence-electron chi connectivity index (χ4n) is 15.6. The topological polar surface area (TPSA) is 113 Å². The van der Waals surface area contributed by atoms with Crippen molar-refractivity contribution in [1.29, 1.82) is 0 Å². The highest BCUT2D eigenvalue weighted by molar-refractivity contribution is 7.26. The highest BCUT2D eigenvalue weighted by atomic mass is 32.1. The molecule has 0 unspecified atom stereocenters. The van der Waals surface area contributed by atoms with Crippen LogP contribution in [0.15, 0.2) is 312 Å². The van der Waals surface area contributed by atoms with Crippen LogP contribution in [0.3, 0.4) is 0 Å². The third kappa shape index (κ3) is 8.76. The molecule has 0 atom stereocenters. The van der Waals surface area contributed by atoms with Gasteiger partial charge in [-0.25, -0.2) is 9.97 Å². The van der Waals surface area contributed by atoms with Crippen LogP contribution in [0.4, 0.5) is 0 Å². The first kappa shape index (κ1) is 56.7. The van der Waals surface area contributed by atoms with Crippen LogP contribution in [-0.2, 0) is 0 Å². The van der Waals surface area contributed by atoms with E-state index in [1.54, 1.807) is 0 Å². The quantitative estimate of drug-likeness (QED) is 0.140. The van der Waals surface area contributed by atoms with Gasteiger partial charge in [-0.15, -0.1) is 22.7 Å². The van der Waals surface area contributed by atoms with Crippen LogP contribution < -0.4 is 0 Å². The fourth-order valence-corrected chi connectivity index (χ4v) is 18.0. The lowest BCUT2D eigenvalue weighted by Crippen LogP contribution is -2.06. The average molecular weight is 1340 g/mol. The summed E-state index contributed by atoms with van der Waals surface area (Å²) in [5.41, 5.74) is 17.4. The molecule has 0 bridgehead atoms. The molecule has 22 aromatic rings. The minimum Gasteiger partial charge on any atom is -0.456 e. The lowest BCUT2D eigenvalue weighted by molar-refractivity contribution is 0.668. The van der Waals surface area contributed by atoms with Crippen molar-refractivity contribution in [3.8, 4) is 90.8 Å². The number of benzene rings is 14. The molecule has 0 aliphatic carbocycles. The molecule has 0 amide bonds. The Morgan fingerprint density at radius 2 is 0.657 bits per heavy atom. The molecule has 14 aromatic carbocycles. The van der Waals surface area contributed by atoms with Crippen molar-refractivity contribution in [1.82, 2.24) is 39.0 Å². The summed E-state index contributed by atoms with van der Waals surface area (Å²) in [6.07, 6.45) is 0. The van der Waals surface area contributed by atoms with Crippen LogP contribution in [0.2, 0.25) is 0 Å². The normalized spacial score (nSPS) is 12.1. The highest BCUT2D eigenvalue weighted by Crippen LogP contribution is 2.48. The van der Waals surface area contributed by atoms with Gasteiger partial charge in [-0.3, -0.25) is 9.13 Å². The van der Waals surface area contributed by atoms with Gasteiger partial charge in [0, 0.05) is 111 Å². The standard InChI is InChI=1S/C90H50N8O2S2/c1-3-18-51(19-4-1)85-91-87(95-89(93-85)97-71-30-11-7-22-59(71)60-23-8-12-31-72(60)97)57-38-43-68-78(49-57)100-76-34-17-27-64(83(68)76)65-28-15-29-66-70-47-54(40-45-80(70)102-84(65)66)53-39-44-74-69(46-53)61-24-9-13-32-73(61)98(74)90-94-86(52-20-5-2-6-21-52)92-88(96-90)56-37-42-67-77(48-56)99-75-33-16-26-58(82(67)75)55-36-41-63-62-25-10-14-35-79(62)101-81(63)50-55/h1-50H. The van der Waals surface area contributed by atoms with Gasteiger partial charge in [0.1, 0.15) is 22.3 Å². The molecule has 22 rings (SSSR count). The summed E-state index contributed by atoms with van der Waals surface area (Å²) in [6.45, 7) is 0. The van der Waals surface area contributed by atoms with Gasteiger partial charge in [0.2, 0.25) is 11.9 Å². The lowest BCUT2D eigenvalue weighted by Gasteiger charge is -2.11.